The van der Waals surface area contributed by atoms with Gasteiger partial charge in [0.25, 0.3) is 5.91 Å². The second-order valence-corrected chi connectivity index (χ2v) is 4.60. The zero-order valence-corrected chi connectivity index (χ0v) is 11.2. The second kappa shape index (κ2) is 6.95. The molecule has 1 fully saturated rings. The summed E-state index contributed by atoms with van der Waals surface area (Å²) in [6.45, 7) is 3.50. The van der Waals surface area contributed by atoms with Gasteiger partial charge in [0.05, 0.1) is 6.61 Å². The highest BCUT2D eigenvalue weighted by Gasteiger charge is 2.14. The number of hydrazine groups is 1. The Morgan fingerprint density at radius 1 is 1.26 bits per heavy atom. The van der Waals surface area contributed by atoms with Crippen LogP contribution >= 0.6 is 0 Å². The van der Waals surface area contributed by atoms with Crippen LogP contribution in [0.15, 0.2) is 29.8 Å². The number of nitrogens with one attached hydrogen (secondary N) is 2. The summed E-state index contributed by atoms with van der Waals surface area (Å²) < 4.78 is 5.64. The van der Waals surface area contributed by atoms with Gasteiger partial charge in [-0.05, 0) is 30.2 Å². The van der Waals surface area contributed by atoms with Crippen molar-refractivity contribution < 1.29 is 9.53 Å². The van der Waals surface area contributed by atoms with Crippen molar-refractivity contribution >= 4 is 12.0 Å². The van der Waals surface area contributed by atoms with E-state index in [1.807, 2.05) is 30.3 Å². The quantitative estimate of drug-likeness (QED) is 0.609. The predicted molar refractivity (Wildman–Crippen MR) is 75.6 cm³/mol. The fraction of sp³-hybridized carbons (Fsp3) is 0.400. The summed E-state index contributed by atoms with van der Waals surface area (Å²) in [5, 5.41) is 0. The van der Waals surface area contributed by atoms with Gasteiger partial charge in [-0.25, -0.2) is 5.43 Å². The molecule has 1 amide bonds. The van der Waals surface area contributed by atoms with Gasteiger partial charge < -0.3 is 4.74 Å². The van der Waals surface area contributed by atoms with Crippen LogP contribution in [0, 0.1) is 0 Å². The monoisotopic (exact) mass is 260 g/mol. The van der Waals surface area contributed by atoms with E-state index in [0.717, 1.165) is 29.9 Å². The van der Waals surface area contributed by atoms with Gasteiger partial charge in [0.1, 0.15) is 5.75 Å². The van der Waals surface area contributed by atoms with Crippen molar-refractivity contribution in [2.24, 2.45) is 0 Å². The van der Waals surface area contributed by atoms with Gasteiger partial charge in [0.2, 0.25) is 0 Å². The lowest BCUT2D eigenvalue weighted by molar-refractivity contribution is -0.116. The molecule has 0 unspecified atom stereocenters. The molecule has 0 saturated carbocycles. The zero-order valence-electron chi connectivity index (χ0n) is 11.2. The molecule has 0 aromatic heterocycles. The van der Waals surface area contributed by atoms with E-state index in [1.54, 1.807) is 0 Å². The topological polar surface area (TPSA) is 50.4 Å². The minimum Gasteiger partial charge on any atom is -0.494 e. The van der Waals surface area contributed by atoms with Crippen LogP contribution in [0.2, 0.25) is 0 Å². The highest BCUT2D eigenvalue weighted by Crippen LogP contribution is 2.15. The smallest absolute Gasteiger partial charge is 0.262 e. The maximum absolute atomic E-state index is 11.4. The third-order valence-electron chi connectivity index (χ3n) is 3.01. The number of rotatable bonds is 6. The molecule has 0 spiro atoms. The molecule has 1 saturated heterocycles. The van der Waals surface area contributed by atoms with Gasteiger partial charge in [0, 0.05) is 12.1 Å². The Kier molecular flexibility index (Phi) is 4.98. The molecule has 1 aromatic carbocycles. The number of hydrogen-bond acceptors (Lipinski definition) is 3. The molecule has 0 radical (unpaired) electrons. The minimum absolute atomic E-state index is 0.0557. The average Bonchev–Trinajstić information content (AvgIpc) is 2.82. The van der Waals surface area contributed by atoms with Crippen molar-refractivity contribution in [3.8, 4) is 5.75 Å². The van der Waals surface area contributed by atoms with Crippen LogP contribution in [0.5, 0.6) is 5.75 Å². The number of hydrogen-bond donors (Lipinski definition) is 2. The van der Waals surface area contributed by atoms with Gasteiger partial charge in [0.15, 0.2) is 0 Å². The first-order chi connectivity index (χ1) is 9.29. The molecular formula is C15H20N2O2. The summed E-state index contributed by atoms with van der Waals surface area (Å²) >= 11 is 0. The van der Waals surface area contributed by atoms with E-state index in [2.05, 4.69) is 17.8 Å². The van der Waals surface area contributed by atoms with Gasteiger partial charge in [-0.1, -0.05) is 31.9 Å². The molecule has 0 bridgehead atoms. The lowest BCUT2D eigenvalue weighted by Gasteiger charge is -2.05. The van der Waals surface area contributed by atoms with Gasteiger partial charge in [-0.2, -0.15) is 0 Å². The van der Waals surface area contributed by atoms with Crippen LogP contribution in [-0.4, -0.2) is 19.1 Å². The van der Waals surface area contributed by atoms with Crippen LogP contribution in [0.3, 0.4) is 0 Å². The minimum atomic E-state index is -0.0557. The molecule has 0 atom stereocenters. The Morgan fingerprint density at radius 2 is 2.05 bits per heavy atom. The predicted octanol–water partition coefficient (Wildman–Crippen LogP) is 2.27. The summed E-state index contributed by atoms with van der Waals surface area (Å²) in [7, 11) is 0. The molecule has 2 rings (SSSR count). The van der Waals surface area contributed by atoms with Crippen LogP contribution in [0.4, 0.5) is 0 Å². The number of benzene rings is 1. The molecule has 4 nitrogen and oxygen atoms in total. The van der Waals surface area contributed by atoms with Crippen molar-refractivity contribution in [1.29, 1.82) is 0 Å². The third kappa shape index (κ3) is 4.10. The van der Waals surface area contributed by atoms with E-state index in [9.17, 15) is 4.79 Å². The third-order valence-corrected chi connectivity index (χ3v) is 3.01. The highest BCUT2D eigenvalue weighted by molar-refractivity contribution is 5.99. The van der Waals surface area contributed by atoms with Gasteiger partial charge >= 0.3 is 0 Å². The van der Waals surface area contributed by atoms with Crippen LogP contribution < -0.4 is 15.6 Å². The van der Waals surface area contributed by atoms with Crippen molar-refractivity contribution in [3.63, 3.8) is 0 Å². The van der Waals surface area contributed by atoms with Gasteiger partial charge in [-0.3, -0.25) is 10.2 Å². The SMILES string of the molecule is CCCCCOc1ccc(/C=C2\CNNC2=O)cc1. The molecule has 19 heavy (non-hydrogen) atoms. The lowest BCUT2D eigenvalue weighted by atomic mass is 10.1. The van der Waals surface area contributed by atoms with Crippen molar-refractivity contribution in [1.82, 2.24) is 10.9 Å². The Hall–Kier alpha value is -1.81. The Labute approximate surface area is 113 Å². The summed E-state index contributed by atoms with van der Waals surface area (Å²) in [4.78, 5) is 11.4. The molecule has 102 valence electrons. The summed E-state index contributed by atoms with van der Waals surface area (Å²) in [6.07, 6.45) is 5.38. The van der Waals surface area contributed by atoms with Crippen molar-refractivity contribution in [2.75, 3.05) is 13.2 Å². The molecule has 1 aliphatic heterocycles. The Balaban J connectivity index is 1.89. The first-order valence-corrected chi connectivity index (χ1v) is 6.76. The number of ether oxygens (including phenoxy) is 1. The summed E-state index contributed by atoms with van der Waals surface area (Å²) in [5.74, 6) is 0.826. The number of carbonyl (C=O) groups excluding carboxylic acids is 1. The number of carbonyl (C=O) groups is 1. The molecule has 0 aliphatic carbocycles. The molecule has 2 N–H and O–H groups in total. The number of amides is 1. The zero-order chi connectivity index (χ0) is 13.5. The Bertz CT molecular complexity index is 452. The highest BCUT2D eigenvalue weighted by atomic mass is 16.5. The largest absolute Gasteiger partial charge is 0.494 e. The lowest BCUT2D eigenvalue weighted by Crippen LogP contribution is -2.25. The van der Waals surface area contributed by atoms with E-state index in [1.165, 1.54) is 12.8 Å². The Morgan fingerprint density at radius 3 is 2.68 bits per heavy atom. The standard InChI is InChI=1S/C15H20N2O2/c1-2-3-4-9-19-14-7-5-12(6-8-14)10-13-11-16-17-15(13)18/h5-8,10,16H,2-4,9,11H2,1H3,(H,17,18)/b13-10+. The van der Waals surface area contributed by atoms with E-state index in [4.69, 9.17) is 4.74 Å². The van der Waals surface area contributed by atoms with E-state index >= 15 is 0 Å². The first kappa shape index (κ1) is 13.6. The maximum atomic E-state index is 11.4. The van der Waals surface area contributed by atoms with Gasteiger partial charge in [-0.15, -0.1) is 0 Å². The van der Waals surface area contributed by atoms with E-state index < -0.39 is 0 Å². The fourth-order valence-corrected chi connectivity index (χ4v) is 1.90. The summed E-state index contributed by atoms with van der Waals surface area (Å²) in [6, 6.07) is 7.82. The fourth-order valence-electron chi connectivity index (χ4n) is 1.90. The van der Waals surface area contributed by atoms with Crippen LogP contribution in [-0.2, 0) is 4.79 Å². The maximum Gasteiger partial charge on any atom is 0.262 e. The van der Waals surface area contributed by atoms with E-state index in [-0.39, 0.29) is 5.91 Å². The van der Waals surface area contributed by atoms with E-state index in [0.29, 0.717) is 6.54 Å². The molecule has 4 heteroatoms. The molecule has 1 aliphatic rings. The molecule has 1 heterocycles. The van der Waals surface area contributed by atoms with Crippen molar-refractivity contribution in [2.45, 2.75) is 26.2 Å². The number of unbranched alkanes of at least 4 members (excludes halogenated alkanes) is 2. The van der Waals surface area contributed by atoms with Crippen molar-refractivity contribution in [3.05, 3.63) is 35.4 Å². The second-order valence-electron chi connectivity index (χ2n) is 4.60. The first-order valence-electron chi connectivity index (χ1n) is 6.76. The molecule has 1 aromatic rings. The molecular weight excluding hydrogens is 240 g/mol. The average molecular weight is 260 g/mol. The van der Waals surface area contributed by atoms with Crippen LogP contribution in [0.25, 0.3) is 6.08 Å². The van der Waals surface area contributed by atoms with Crippen LogP contribution in [0.1, 0.15) is 31.7 Å². The summed E-state index contributed by atoms with van der Waals surface area (Å²) in [5.41, 5.74) is 7.12. The normalized spacial score (nSPS) is 16.7.